The fourth-order valence-electron chi connectivity index (χ4n) is 1.88. The molecule has 0 aliphatic heterocycles. The Bertz CT molecular complexity index is 340. The van der Waals surface area contributed by atoms with Crippen LogP contribution in [-0.4, -0.2) is 41.9 Å². The zero-order chi connectivity index (χ0) is 12.3. The average Bonchev–Trinajstić information content (AvgIpc) is 2.39. The van der Waals surface area contributed by atoms with E-state index in [0.29, 0.717) is 5.69 Å². The Kier molecular flexibility index (Phi) is 3.80. The van der Waals surface area contributed by atoms with E-state index in [1.807, 2.05) is 7.05 Å². The van der Waals surface area contributed by atoms with Crippen molar-refractivity contribution in [2.75, 3.05) is 38.2 Å². The predicted octanol–water partition coefficient (Wildman–Crippen LogP) is 1.00. The van der Waals surface area contributed by atoms with Crippen LogP contribution in [0.3, 0.4) is 0 Å². The lowest BCUT2D eigenvalue weighted by molar-refractivity contribution is 0.254. The molecule has 0 atom stereocenters. The van der Waals surface area contributed by atoms with Crippen molar-refractivity contribution in [1.29, 1.82) is 0 Å². The first-order chi connectivity index (χ1) is 7.30. The van der Waals surface area contributed by atoms with E-state index in [1.54, 1.807) is 10.9 Å². The number of rotatable bonds is 5. The molecule has 0 fully saturated rings. The van der Waals surface area contributed by atoms with Gasteiger partial charge in [0.2, 0.25) is 0 Å². The quantitative estimate of drug-likeness (QED) is 0.785. The zero-order valence-electron chi connectivity index (χ0n) is 10.9. The van der Waals surface area contributed by atoms with Gasteiger partial charge in [-0.25, -0.2) is 0 Å². The lowest BCUT2D eigenvalue weighted by Crippen LogP contribution is -2.34. The number of nitrogens with zero attached hydrogens (tertiary/aromatic N) is 3. The van der Waals surface area contributed by atoms with Gasteiger partial charge < -0.3 is 16.0 Å². The zero-order valence-corrected chi connectivity index (χ0v) is 10.9. The van der Waals surface area contributed by atoms with E-state index >= 15 is 0 Å². The molecule has 0 spiro atoms. The number of aryl methyl sites for hydroxylation is 1. The first-order valence-electron chi connectivity index (χ1n) is 5.48. The van der Waals surface area contributed by atoms with Crippen LogP contribution in [0.5, 0.6) is 0 Å². The topological polar surface area (TPSA) is 59.1 Å². The molecule has 0 saturated carbocycles. The van der Waals surface area contributed by atoms with Crippen LogP contribution < -0.4 is 11.1 Å². The lowest BCUT2D eigenvalue weighted by atomic mass is 9.93. The normalized spacial score (nSPS) is 12.1. The molecule has 16 heavy (non-hydrogen) atoms. The molecule has 5 heteroatoms. The second kappa shape index (κ2) is 4.74. The van der Waals surface area contributed by atoms with E-state index in [4.69, 9.17) is 5.73 Å². The number of nitrogen functional groups attached to an aromatic ring is 1. The third-order valence-corrected chi connectivity index (χ3v) is 2.34. The van der Waals surface area contributed by atoms with E-state index in [2.05, 4.69) is 43.3 Å². The third kappa shape index (κ3) is 3.73. The first kappa shape index (κ1) is 12.8. The average molecular weight is 225 g/mol. The van der Waals surface area contributed by atoms with Gasteiger partial charge in [0.25, 0.3) is 0 Å². The highest BCUT2D eigenvalue weighted by molar-refractivity contribution is 5.59. The second-order valence-electron chi connectivity index (χ2n) is 5.36. The highest BCUT2D eigenvalue weighted by atomic mass is 15.3. The van der Waals surface area contributed by atoms with Gasteiger partial charge in [0.1, 0.15) is 0 Å². The first-order valence-corrected chi connectivity index (χ1v) is 5.48. The Morgan fingerprint density at radius 3 is 2.56 bits per heavy atom. The summed E-state index contributed by atoms with van der Waals surface area (Å²) in [6, 6.07) is 0. The van der Waals surface area contributed by atoms with Crippen LogP contribution >= 0.6 is 0 Å². The molecule has 0 unspecified atom stereocenters. The van der Waals surface area contributed by atoms with Gasteiger partial charge in [-0.2, -0.15) is 5.10 Å². The Hall–Kier alpha value is -1.23. The van der Waals surface area contributed by atoms with Gasteiger partial charge in [0.15, 0.2) is 5.82 Å². The maximum absolute atomic E-state index is 5.82. The minimum absolute atomic E-state index is 0.188. The molecule has 0 aliphatic rings. The summed E-state index contributed by atoms with van der Waals surface area (Å²) < 4.78 is 1.72. The monoisotopic (exact) mass is 225 g/mol. The number of aromatic nitrogens is 2. The van der Waals surface area contributed by atoms with Gasteiger partial charge in [-0.05, 0) is 19.5 Å². The lowest BCUT2D eigenvalue weighted by Gasteiger charge is -2.28. The van der Waals surface area contributed by atoms with E-state index in [9.17, 15) is 0 Å². The van der Waals surface area contributed by atoms with E-state index < -0.39 is 0 Å². The Labute approximate surface area is 97.6 Å². The smallest absolute Gasteiger partial charge is 0.171 e. The molecule has 1 aromatic rings. The minimum Gasteiger partial charge on any atom is -0.394 e. The molecule has 0 amide bonds. The third-order valence-electron chi connectivity index (χ3n) is 2.34. The number of hydrogen-bond donors (Lipinski definition) is 2. The van der Waals surface area contributed by atoms with Gasteiger partial charge in [-0.1, -0.05) is 13.8 Å². The maximum Gasteiger partial charge on any atom is 0.171 e. The fraction of sp³-hybridized carbons (Fsp3) is 0.727. The summed E-state index contributed by atoms with van der Waals surface area (Å²) in [5, 5.41) is 7.56. The number of nitrogens with one attached hydrogen (secondary N) is 1. The molecular weight excluding hydrogens is 202 g/mol. The number of anilines is 2. The summed E-state index contributed by atoms with van der Waals surface area (Å²) in [5.41, 5.74) is 6.70. The van der Waals surface area contributed by atoms with Crippen molar-refractivity contribution in [3.8, 4) is 0 Å². The van der Waals surface area contributed by atoms with Crippen molar-refractivity contribution in [2.45, 2.75) is 13.8 Å². The van der Waals surface area contributed by atoms with Crippen LogP contribution in [0, 0.1) is 5.41 Å². The van der Waals surface area contributed by atoms with Crippen LogP contribution in [0.15, 0.2) is 6.20 Å². The summed E-state index contributed by atoms with van der Waals surface area (Å²) in [6.45, 7) is 6.32. The molecule has 5 nitrogen and oxygen atoms in total. The van der Waals surface area contributed by atoms with Crippen LogP contribution in [0.1, 0.15) is 13.8 Å². The molecule has 1 aromatic heterocycles. The van der Waals surface area contributed by atoms with E-state index in [-0.39, 0.29) is 5.41 Å². The molecule has 1 heterocycles. The molecule has 92 valence electrons. The van der Waals surface area contributed by atoms with Crippen LogP contribution in [0.2, 0.25) is 0 Å². The van der Waals surface area contributed by atoms with Gasteiger partial charge in [0.05, 0.1) is 5.69 Å². The number of hydrogen-bond acceptors (Lipinski definition) is 4. The van der Waals surface area contributed by atoms with Crippen molar-refractivity contribution in [3.05, 3.63) is 6.20 Å². The predicted molar refractivity (Wildman–Crippen MR) is 68.4 cm³/mol. The van der Waals surface area contributed by atoms with Crippen molar-refractivity contribution >= 4 is 11.5 Å². The standard InChI is InChI=1S/C11H23N5/c1-11(2,8-15(3)4)7-13-10-9(12)6-16(5)14-10/h6H,7-8,12H2,1-5H3,(H,13,14). The van der Waals surface area contributed by atoms with E-state index in [0.717, 1.165) is 18.9 Å². The highest BCUT2D eigenvalue weighted by Crippen LogP contribution is 2.20. The van der Waals surface area contributed by atoms with Crippen molar-refractivity contribution in [2.24, 2.45) is 12.5 Å². The van der Waals surface area contributed by atoms with E-state index in [1.165, 1.54) is 0 Å². The molecule has 0 bridgehead atoms. The molecule has 0 saturated heterocycles. The van der Waals surface area contributed by atoms with Crippen LogP contribution in [0.4, 0.5) is 11.5 Å². The maximum atomic E-state index is 5.82. The van der Waals surface area contributed by atoms with Crippen molar-refractivity contribution in [3.63, 3.8) is 0 Å². The van der Waals surface area contributed by atoms with Gasteiger partial charge in [-0.3, -0.25) is 4.68 Å². The molecule has 0 aliphatic carbocycles. The molecule has 0 aromatic carbocycles. The summed E-state index contributed by atoms with van der Waals surface area (Å²) in [7, 11) is 6.03. The van der Waals surface area contributed by atoms with Crippen LogP contribution in [0.25, 0.3) is 0 Å². The number of nitrogens with two attached hydrogens (primary N) is 1. The Balaban J connectivity index is 2.54. The molecule has 0 radical (unpaired) electrons. The summed E-state index contributed by atoms with van der Waals surface area (Å²) in [5.74, 6) is 0.773. The van der Waals surface area contributed by atoms with Crippen LogP contribution in [-0.2, 0) is 7.05 Å². The molecular formula is C11H23N5. The van der Waals surface area contributed by atoms with Crippen molar-refractivity contribution in [1.82, 2.24) is 14.7 Å². The molecule has 3 N–H and O–H groups in total. The Morgan fingerprint density at radius 2 is 2.12 bits per heavy atom. The van der Waals surface area contributed by atoms with Crippen molar-refractivity contribution < 1.29 is 0 Å². The summed E-state index contributed by atoms with van der Waals surface area (Å²) in [4.78, 5) is 2.18. The van der Waals surface area contributed by atoms with Gasteiger partial charge in [0, 0.05) is 26.3 Å². The second-order valence-corrected chi connectivity index (χ2v) is 5.36. The van der Waals surface area contributed by atoms with Gasteiger partial charge in [-0.15, -0.1) is 0 Å². The largest absolute Gasteiger partial charge is 0.394 e. The summed E-state index contributed by atoms with van der Waals surface area (Å²) in [6.07, 6.45) is 1.81. The fourth-order valence-corrected chi connectivity index (χ4v) is 1.88. The molecule has 1 rings (SSSR count). The highest BCUT2D eigenvalue weighted by Gasteiger charge is 2.19. The Morgan fingerprint density at radius 1 is 1.50 bits per heavy atom. The SMILES string of the molecule is CN(C)CC(C)(C)CNc1nn(C)cc1N. The summed E-state index contributed by atoms with van der Waals surface area (Å²) >= 11 is 0. The van der Waals surface area contributed by atoms with Gasteiger partial charge >= 0.3 is 0 Å². The minimum atomic E-state index is 0.188.